The van der Waals surface area contributed by atoms with Gasteiger partial charge in [-0.15, -0.1) is 0 Å². The van der Waals surface area contributed by atoms with E-state index < -0.39 is 0 Å². The first kappa shape index (κ1) is 11.0. The number of rotatable bonds is 6. The number of ether oxygens (including phenoxy) is 1. The number of nitrogens with one attached hydrogen (secondary N) is 1. The first-order valence-electron chi connectivity index (χ1n) is 5.57. The molecule has 0 bridgehead atoms. The summed E-state index contributed by atoms with van der Waals surface area (Å²) in [6.07, 6.45) is 6.06. The van der Waals surface area contributed by atoms with Crippen molar-refractivity contribution in [2.24, 2.45) is 0 Å². The van der Waals surface area contributed by atoms with Gasteiger partial charge in [-0.3, -0.25) is 0 Å². The van der Waals surface area contributed by atoms with Crippen molar-refractivity contribution in [1.82, 2.24) is 5.32 Å². The monoisotopic (exact) mass is 185 g/mol. The minimum Gasteiger partial charge on any atom is -0.375 e. The molecule has 1 saturated carbocycles. The van der Waals surface area contributed by atoms with E-state index >= 15 is 0 Å². The predicted molar refractivity (Wildman–Crippen MR) is 55.9 cm³/mol. The van der Waals surface area contributed by atoms with Crippen LogP contribution in [0.15, 0.2) is 0 Å². The van der Waals surface area contributed by atoms with Crippen molar-refractivity contribution in [3.05, 3.63) is 0 Å². The Bertz CT molecular complexity index is 132. The summed E-state index contributed by atoms with van der Waals surface area (Å²) < 4.78 is 5.83. The van der Waals surface area contributed by atoms with Crippen LogP contribution in [0.5, 0.6) is 0 Å². The Morgan fingerprint density at radius 1 is 1.31 bits per heavy atom. The van der Waals surface area contributed by atoms with Crippen LogP contribution in [-0.2, 0) is 4.74 Å². The molecule has 1 N–H and O–H groups in total. The molecular weight excluding hydrogens is 162 g/mol. The topological polar surface area (TPSA) is 21.3 Å². The minimum absolute atomic E-state index is 0.427. The molecule has 1 aliphatic carbocycles. The van der Waals surface area contributed by atoms with Crippen molar-refractivity contribution in [2.45, 2.75) is 64.7 Å². The molecule has 0 saturated heterocycles. The molecule has 1 fully saturated rings. The van der Waals surface area contributed by atoms with E-state index in [1.54, 1.807) is 0 Å². The molecule has 0 amide bonds. The summed E-state index contributed by atoms with van der Waals surface area (Å²) in [7, 11) is 0. The molecule has 1 rings (SSSR count). The molecular formula is C11H23NO. The highest BCUT2D eigenvalue weighted by Gasteiger charge is 2.19. The van der Waals surface area contributed by atoms with Gasteiger partial charge in [0.25, 0.3) is 0 Å². The summed E-state index contributed by atoms with van der Waals surface area (Å²) >= 11 is 0. The maximum absolute atomic E-state index is 5.83. The molecule has 0 aromatic carbocycles. The number of hydrogen-bond acceptors (Lipinski definition) is 2. The van der Waals surface area contributed by atoms with E-state index in [1.165, 1.54) is 19.3 Å². The lowest BCUT2D eigenvalue weighted by Crippen LogP contribution is -2.30. The second-order valence-corrected chi connectivity index (χ2v) is 4.40. The molecule has 13 heavy (non-hydrogen) atoms. The average molecular weight is 185 g/mol. The predicted octanol–water partition coefficient (Wildman–Crippen LogP) is 2.33. The Labute approximate surface area is 82.0 Å². The van der Waals surface area contributed by atoms with Crippen LogP contribution in [-0.4, -0.2) is 24.8 Å². The molecule has 2 nitrogen and oxygen atoms in total. The third-order valence-corrected chi connectivity index (χ3v) is 2.58. The molecule has 0 aliphatic heterocycles. The third-order valence-electron chi connectivity index (χ3n) is 2.58. The number of hydrogen-bond donors (Lipinski definition) is 1. The molecule has 0 heterocycles. The van der Waals surface area contributed by atoms with Crippen LogP contribution in [0.25, 0.3) is 0 Å². The van der Waals surface area contributed by atoms with Crippen LogP contribution in [0.4, 0.5) is 0 Å². The van der Waals surface area contributed by atoms with E-state index in [9.17, 15) is 0 Å². The third kappa shape index (κ3) is 4.63. The first-order valence-corrected chi connectivity index (χ1v) is 5.57. The Hall–Kier alpha value is -0.0800. The SMILES string of the molecule is CC(C)NCCC(C)OC1CCC1. The summed E-state index contributed by atoms with van der Waals surface area (Å²) in [6, 6.07) is 0.593. The largest absolute Gasteiger partial charge is 0.375 e. The zero-order valence-electron chi connectivity index (χ0n) is 9.18. The molecule has 2 heteroatoms. The highest BCUT2D eigenvalue weighted by atomic mass is 16.5. The summed E-state index contributed by atoms with van der Waals surface area (Å²) in [5, 5.41) is 3.41. The normalized spacial score (nSPS) is 20.3. The van der Waals surface area contributed by atoms with Gasteiger partial charge in [0.2, 0.25) is 0 Å². The summed E-state index contributed by atoms with van der Waals surface area (Å²) in [6.45, 7) is 7.61. The first-order chi connectivity index (χ1) is 6.18. The van der Waals surface area contributed by atoms with Gasteiger partial charge in [-0.1, -0.05) is 13.8 Å². The highest BCUT2D eigenvalue weighted by molar-refractivity contribution is 4.71. The summed E-state index contributed by atoms with van der Waals surface area (Å²) in [5.41, 5.74) is 0. The van der Waals surface area contributed by atoms with E-state index in [0.717, 1.165) is 13.0 Å². The van der Waals surface area contributed by atoms with Gasteiger partial charge >= 0.3 is 0 Å². The van der Waals surface area contributed by atoms with Crippen LogP contribution in [0.1, 0.15) is 46.5 Å². The van der Waals surface area contributed by atoms with Crippen LogP contribution < -0.4 is 5.32 Å². The van der Waals surface area contributed by atoms with Crippen LogP contribution in [0.3, 0.4) is 0 Å². The molecule has 78 valence electrons. The lowest BCUT2D eigenvalue weighted by Gasteiger charge is -2.29. The fourth-order valence-corrected chi connectivity index (χ4v) is 1.48. The van der Waals surface area contributed by atoms with Gasteiger partial charge in [0.1, 0.15) is 0 Å². The molecule has 0 radical (unpaired) electrons. The molecule has 1 unspecified atom stereocenters. The smallest absolute Gasteiger partial charge is 0.0578 e. The Morgan fingerprint density at radius 2 is 2.00 bits per heavy atom. The van der Waals surface area contributed by atoms with E-state index in [4.69, 9.17) is 4.74 Å². The average Bonchev–Trinajstić information content (AvgIpc) is 1.96. The van der Waals surface area contributed by atoms with Crippen molar-refractivity contribution in [1.29, 1.82) is 0 Å². The van der Waals surface area contributed by atoms with Gasteiger partial charge in [-0.2, -0.15) is 0 Å². The quantitative estimate of drug-likeness (QED) is 0.685. The molecule has 1 aliphatic rings. The summed E-state index contributed by atoms with van der Waals surface area (Å²) in [4.78, 5) is 0. The summed E-state index contributed by atoms with van der Waals surface area (Å²) in [5.74, 6) is 0. The van der Waals surface area contributed by atoms with E-state index in [-0.39, 0.29) is 0 Å². The van der Waals surface area contributed by atoms with Gasteiger partial charge < -0.3 is 10.1 Å². The Balaban J connectivity index is 1.93. The molecule has 0 aromatic heterocycles. The fraction of sp³-hybridized carbons (Fsp3) is 1.00. The van der Waals surface area contributed by atoms with Crippen LogP contribution in [0.2, 0.25) is 0 Å². The van der Waals surface area contributed by atoms with E-state index in [1.807, 2.05) is 0 Å². The van der Waals surface area contributed by atoms with Gasteiger partial charge in [-0.05, 0) is 39.2 Å². The molecule has 1 atom stereocenters. The van der Waals surface area contributed by atoms with Crippen molar-refractivity contribution in [2.75, 3.05) is 6.54 Å². The maximum Gasteiger partial charge on any atom is 0.0578 e. The van der Waals surface area contributed by atoms with Gasteiger partial charge in [0, 0.05) is 6.04 Å². The fourth-order valence-electron chi connectivity index (χ4n) is 1.48. The van der Waals surface area contributed by atoms with Crippen LogP contribution in [0, 0.1) is 0 Å². The standard InChI is InChI=1S/C11H23NO/c1-9(2)12-8-7-10(3)13-11-5-4-6-11/h9-12H,4-8H2,1-3H3. The van der Waals surface area contributed by atoms with Crippen molar-refractivity contribution in [3.8, 4) is 0 Å². The lowest BCUT2D eigenvalue weighted by atomic mass is 9.96. The maximum atomic E-state index is 5.83. The zero-order valence-corrected chi connectivity index (χ0v) is 9.18. The Morgan fingerprint density at radius 3 is 2.46 bits per heavy atom. The van der Waals surface area contributed by atoms with Gasteiger partial charge in [0.05, 0.1) is 12.2 Å². The van der Waals surface area contributed by atoms with Crippen LogP contribution >= 0.6 is 0 Å². The van der Waals surface area contributed by atoms with E-state index in [0.29, 0.717) is 18.2 Å². The molecule has 0 spiro atoms. The second kappa shape index (κ2) is 5.61. The minimum atomic E-state index is 0.427. The van der Waals surface area contributed by atoms with Crippen molar-refractivity contribution >= 4 is 0 Å². The molecule has 0 aromatic rings. The zero-order chi connectivity index (χ0) is 9.68. The highest BCUT2D eigenvalue weighted by Crippen LogP contribution is 2.23. The van der Waals surface area contributed by atoms with Crippen molar-refractivity contribution < 1.29 is 4.74 Å². The van der Waals surface area contributed by atoms with Gasteiger partial charge in [0.15, 0.2) is 0 Å². The lowest BCUT2D eigenvalue weighted by molar-refractivity contribution is -0.0456. The van der Waals surface area contributed by atoms with E-state index in [2.05, 4.69) is 26.1 Å². The second-order valence-electron chi connectivity index (χ2n) is 4.40. The van der Waals surface area contributed by atoms with Crippen molar-refractivity contribution in [3.63, 3.8) is 0 Å². The van der Waals surface area contributed by atoms with Gasteiger partial charge in [-0.25, -0.2) is 0 Å². The Kier molecular flexibility index (Phi) is 4.74.